The molecule has 7 heteroatoms. The number of hydrogen-bond acceptors (Lipinski definition) is 6. The number of nitrogens with one attached hydrogen (secondary N) is 1. The SMILES string of the molecule is COCCNC(=O)[C@H]1C[C@H]2[C@H](CCN2Cc2nccs2)O1. The number of aromatic nitrogens is 1. The molecule has 0 aromatic carbocycles. The summed E-state index contributed by atoms with van der Waals surface area (Å²) >= 11 is 1.68. The van der Waals surface area contributed by atoms with E-state index in [2.05, 4.69) is 15.2 Å². The van der Waals surface area contributed by atoms with Crippen LogP contribution < -0.4 is 5.32 Å². The van der Waals surface area contributed by atoms with Crippen LogP contribution in [0.25, 0.3) is 0 Å². The molecular weight excluding hydrogens is 290 g/mol. The number of fused-ring (bicyclic) bond motifs is 1. The van der Waals surface area contributed by atoms with Crippen molar-refractivity contribution in [3.05, 3.63) is 16.6 Å². The fourth-order valence-electron chi connectivity index (χ4n) is 3.09. The summed E-state index contributed by atoms with van der Waals surface area (Å²) in [6.07, 6.45) is 3.47. The molecule has 3 atom stereocenters. The third-order valence-electron chi connectivity index (χ3n) is 4.11. The van der Waals surface area contributed by atoms with Crippen molar-refractivity contribution in [3.63, 3.8) is 0 Å². The zero-order chi connectivity index (χ0) is 14.7. The van der Waals surface area contributed by atoms with Crippen molar-refractivity contribution >= 4 is 17.2 Å². The molecule has 1 aromatic heterocycles. The highest BCUT2D eigenvalue weighted by molar-refractivity contribution is 7.09. The molecule has 2 fully saturated rings. The summed E-state index contributed by atoms with van der Waals surface area (Å²) in [5, 5.41) is 5.99. The predicted octanol–water partition coefficient (Wildman–Crippen LogP) is 0.637. The normalized spacial score (nSPS) is 28.7. The van der Waals surface area contributed by atoms with Crippen LogP contribution in [0.15, 0.2) is 11.6 Å². The van der Waals surface area contributed by atoms with Crippen molar-refractivity contribution in [2.24, 2.45) is 0 Å². The average molecular weight is 311 g/mol. The van der Waals surface area contributed by atoms with E-state index >= 15 is 0 Å². The van der Waals surface area contributed by atoms with Crippen LogP contribution in [0, 0.1) is 0 Å². The molecule has 0 unspecified atom stereocenters. The van der Waals surface area contributed by atoms with Crippen LogP contribution in [-0.4, -0.2) is 60.8 Å². The first-order chi connectivity index (χ1) is 10.3. The minimum Gasteiger partial charge on any atom is -0.383 e. The molecule has 21 heavy (non-hydrogen) atoms. The molecule has 1 N–H and O–H groups in total. The molecule has 2 saturated heterocycles. The molecule has 0 aliphatic carbocycles. The van der Waals surface area contributed by atoms with Gasteiger partial charge in [0.1, 0.15) is 11.1 Å². The van der Waals surface area contributed by atoms with Crippen LogP contribution in [0.3, 0.4) is 0 Å². The average Bonchev–Trinajstić information content (AvgIpc) is 3.18. The number of carbonyl (C=O) groups is 1. The molecule has 1 amide bonds. The first-order valence-corrected chi connectivity index (χ1v) is 8.20. The van der Waals surface area contributed by atoms with Crippen molar-refractivity contribution in [1.29, 1.82) is 0 Å². The summed E-state index contributed by atoms with van der Waals surface area (Å²) < 4.78 is 10.9. The van der Waals surface area contributed by atoms with Crippen LogP contribution >= 0.6 is 11.3 Å². The highest BCUT2D eigenvalue weighted by Gasteiger charge is 2.45. The number of ether oxygens (including phenoxy) is 2. The topological polar surface area (TPSA) is 63.7 Å². The van der Waals surface area contributed by atoms with Crippen molar-refractivity contribution in [2.75, 3.05) is 26.8 Å². The highest BCUT2D eigenvalue weighted by atomic mass is 32.1. The van der Waals surface area contributed by atoms with Crippen LogP contribution in [0.5, 0.6) is 0 Å². The second-order valence-electron chi connectivity index (χ2n) is 5.44. The Kier molecular flexibility index (Phi) is 4.84. The van der Waals surface area contributed by atoms with Crippen LogP contribution in [0.2, 0.25) is 0 Å². The smallest absolute Gasteiger partial charge is 0.249 e. The van der Waals surface area contributed by atoms with Gasteiger partial charge in [-0.1, -0.05) is 0 Å². The molecule has 0 radical (unpaired) electrons. The van der Waals surface area contributed by atoms with Crippen molar-refractivity contribution < 1.29 is 14.3 Å². The summed E-state index contributed by atoms with van der Waals surface area (Å²) in [7, 11) is 1.62. The van der Waals surface area contributed by atoms with Gasteiger partial charge in [0.25, 0.3) is 0 Å². The number of nitrogens with zero attached hydrogens (tertiary/aromatic N) is 2. The Morgan fingerprint density at radius 2 is 2.57 bits per heavy atom. The maximum absolute atomic E-state index is 12.1. The molecule has 6 nitrogen and oxygen atoms in total. The number of likely N-dealkylation sites (tertiary alicyclic amines) is 1. The maximum Gasteiger partial charge on any atom is 0.249 e. The second kappa shape index (κ2) is 6.83. The lowest BCUT2D eigenvalue weighted by Crippen LogP contribution is -2.37. The van der Waals surface area contributed by atoms with Gasteiger partial charge in [-0.25, -0.2) is 4.98 Å². The lowest BCUT2D eigenvalue weighted by atomic mass is 10.1. The molecule has 116 valence electrons. The van der Waals surface area contributed by atoms with Crippen LogP contribution in [0.4, 0.5) is 0 Å². The zero-order valence-corrected chi connectivity index (χ0v) is 13.0. The maximum atomic E-state index is 12.1. The van der Waals surface area contributed by atoms with E-state index in [4.69, 9.17) is 9.47 Å². The Bertz CT molecular complexity index is 468. The third-order valence-corrected chi connectivity index (χ3v) is 4.88. The van der Waals surface area contributed by atoms with Gasteiger partial charge in [0.2, 0.25) is 5.91 Å². The van der Waals surface area contributed by atoms with Gasteiger partial charge in [-0.15, -0.1) is 11.3 Å². The Morgan fingerprint density at radius 3 is 3.33 bits per heavy atom. The van der Waals surface area contributed by atoms with E-state index in [1.165, 1.54) is 0 Å². The van der Waals surface area contributed by atoms with Crippen LogP contribution in [-0.2, 0) is 20.8 Å². The zero-order valence-electron chi connectivity index (χ0n) is 12.2. The monoisotopic (exact) mass is 311 g/mol. The molecule has 0 bridgehead atoms. The summed E-state index contributed by atoms with van der Waals surface area (Å²) in [6, 6.07) is 0.340. The van der Waals surface area contributed by atoms with Crippen molar-refractivity contribution in [1.82, 2.24) is 15.2 Å². The van der Waals surface area contributed by atoms with Gasteiger partial charge in [-0.3, -0.25) is 9.69 Å². The molecular formula is C14H21N3O3S. The van der Waals surface area contributed by atoms with E-state index in [0.29, 0.717) is 19.2 Å². The van der Waals surface area contributed by atoms with E-state index < -0.39 is 0 Å². The lowest BCUT2D eigenvalue weighted by molar-refractivity contribution is -0.132. The van der Waals surface area contributed by atoms with Gasteiger partial charge in [-0.2, -0.15) is 0 Å². The molecule has 1 aromatic rings. The van der Waals surface area contributed by atoms with E-state index in [-0.39, 0.29) is 18.1 Å². The molecule has 0 spiro atoms. The summed E-state index contributed by atoms with van der Waals surface area (Å²) in [5.74, 6) is -0.0179. The number of methoxy groups -OCH3 is 1. The number of hydrogen-bond donors (Lipinski definition) is 1. The number of thiazole rings is 1. The van der Waals surface area contributed by atoms with Gasteiger partial charge in [0.05, 0.1) is 19.3 Å². The van der Waals surface area contributed by atoms with E-state index in [9.17, 15) is 4.79 Å². The predicted molar refractivity (Wildman–Crippen MR) is 79.1 cm³/mol. The Morgan fingerprint density at radius 1 is 1.67 bits per heavy atom. The van der Waals surface area contributed by atoms with E-state index in [1.54, 1.807) is 18.4 Å². The standard InChI is InChI=1S/C14H21N3O3S/c1-19-6-3-16-14(18)12-8-10-11(20-12)2-5-17(10)9-13-15-4-7-21-13/h4,7,10-12H,2-3,5-6,8-9H2,1H3,(H,16,18)/t10-,11-,12+/m0/s1. The molecule has 3 heterocycles. The minimum absolute atomic E-state index is 0.0179. The van der Waals surface area contributed by atoms with Gasteiger partial charge in [0.15, 0.2) is 0 Å². The summed E-state index contributed by atoms with van der Waals surface area (Å²) in [5.41, 5.74) is 0. The van der Waals surface area contributed by atoms with Gasteiger partial charge < -0.3 is 14.8 Å². The van der Waals surface area contributed by atoms with Gasteiger partial charge in [-0.05, 0) is 6.42 Å². The molecule has 3 rings (SSSR count). The largest absolute Gasteiger partial charge is 0.383 e. The molecule has 2 aliphatic rings. The van der Waals surface area contributed by atoms with Gasteiger partial charge in [0, 0.05) is 44.2 Å². The number of amides is 1. The fourth-order valence-corrected chi connectivity index (χ4v) is 3.73. The number of carbonyl (C=O) groups excluding carboxylic acids is 1. The Balaban J connectivity index is 1.52. The lowest BCUT2D eigenvalue weighted by Gasteiger charge is -2.21. The first kappa shape index (κ1) is 14.9. The van der Waals surface area contributed by atoms with E-state index in [1.807, 2.05) is 11.6 Å². The van der Waals surface area contributed by atoms with Crippen molar-refractivity contribution in [2.45, 2.75) is 37.6 Å². The fraction of sp³-hybridized carbons (Fsp3) is 0.714. The molecule has 0 saturated carbocycles. The highest BCUT2D eigenvalue weighted by Crippen LogP contribution is 2.34. The Hall–Kier alpha value is -1.02. The van der Waals surface area contributed by atoms with Crippen LogP contribution in [0.1, 0.15) is 17.8 Å². The quantitative estimate of drug-likeness (QED) is 0.781. The van der Waals surface area contributed by atoms with Gasteiger partial charge >= 0.3 is 0 Å². The minimum atomic E-state index is -0.323. The Labute approximate surface area is 128 Å². The summed E-state index contributed by atoms with van der Waals surface area (Å²) in [4.78, 5) is 18.8. The molecule has 2 aliphatic heterocycles. The third kappa shape index (κ3) is 3.42. The van der Waals surface area contributed by atoms with E-state index in [0.717, 1.165) is 30.9 Å². The van der Waals surface area contributed by atoms with Crippen molar-refractivity contribution in [3.8, 4) is 0 Å². The number of rotatable bonds is 6. The first-order valence-electron chi connectivity index (χ1n) is 7.32. The second-order valence-corrected chi connectivity index (χ2v) is 6.41. The summed E-state index contributed by atoms with van der Waals surface area (Å²) in [6.45, 7) is 2.95.